The molecular weight excluding hydrogens is 334 g/mol. The molecule has 1 aromatic heterocycles. The van der Waals surface area contributed by atoms with Crippen LogP contribution in [0.4, 0.5) is 0 Å². The van der Waals surface area contributed by atoms with E-state index in [0.717, 1.165) is 39.0 Å². The lowest BCUT2D eigenvalue weighted by atomic mass is 9.95. The molecule has 0 bridgehead atoms. The average molecular weight is 358 g/mol. The first kappa shape index (κ1) is 17.9. The van der Waals surface area contributed by atoms with Gasteiger partial charge in [-0.05, 0) is 43.5 Å². The van der Waals surface area contributed by atoms with Crippen LogP contribution in [0.25, 0.3) is 0 Å². The Balaban J connectivity index is 1.47. The minimum Gasteiger partial charge on any atom is -0.341 e. The molecule has 25 heavy (non-hydrogen) atoms. The Labute approximate surface area is 154 Å². The predicted octanol–water partition coefficient (Wildman–Crippen LogP) is 3.72. The van der Waals surface area contributed by atoms with E-state index in [9.17, 15) is 4.79 Å². The van der Waals surface area contributed by atoms with E-state index in [1.807, 2.05) is 7.05 Å². The number of hydrogen-bond acceptors (Lipinski definition) is 3. The summed E-state index contributed by atoms with van der Waals surface area (Å²) in [6.45, 7) is 3.96. The van der Waals surface area contributed by atoms with Gasteiger partial charge in [0, 0.05) is 32.5 Å². The molecule has 0 radical (unpaired) electrons. The number of benzene rings is 1. The first-order valence-corrected chi connectivity index (χ1v) is 9.12. The summed E-state index contributed by atoms with van der Waals surface area (Å²) in [4.78, 5) is 20.8. The van der Waals surface area contributed by atoms with Crippen LogP contribution in [0.2, 0.25) is 5.02 Å². The number of likely N-dealkylation sites (tertiary alicyclic amines) is 1. The van der Waals surface area contributed by atoms with Gasteiger partial charge < -0.3 is 4.90 Å². The quantitative estimate of drug-likeness (QED) is 0.818. The second-order valence-corrected chi connectivity index (χ2v) is 7.22. The Bertz CT molecular complexity index is 699. The number of carbonyl (C=O) groups excluding carboxylic acids is 1. The highest BCUT2D eigenvalue weighted by atomic mass is 35.5. The van der Waals surface area contributed by atoms with Gasteiger partial charge in [0.25, 0.3) is 5.91 Å². The number of amides is 1. The molecule has 1 amide bonds. The average Bonchev–Trinajstić information content (AvgIpc) is 2.63. The van der Waals surface area contributed by atoms with E-state index in [0.29, 0.717) is 16.5 Å². The minimum absolute atomic E-state index is 0.0123. The van der Waals surface area contributed by atoms with Gasteiger partial charge in [0.2, 0.25) is 0 Å². The van der Waals surface area contributed by atoms with Crippen molar-refractivity contribution in [3.05, 3.63) is 64.9 Å². The van der Waals surface area contributed by atoms with Crippen LogP contribution in [0.1, 0.15) is 28.8 Å². The maximum atomic E-state index is 12.5. The van der Waals surface area contributed by atoms with Crippen LogP contribution in [-0.2, 0) is 6.54 Å². The SMILES string of the molecule is CN(CC1CCN(Cc2ccccc2)CC1)C(=O)c1cncc(Cl)c1. The molecule has 1 fully saturated rings. The molecule has 1 aromatic carbocycles. The molecule has 132 valence electrons. The molecular formula is C20H24ClN3O. The van der Waals surface area contributed by atoms with Gasteiger partial charge in [0.15, 0.2) is 0 Å². The molecule has 0 N–H and O–H groups in total. The second-order valence-electron chi connectivity index (χ2n) is 6.78. The zero-order chi connectivity index (χ0) is 17.6. The largest absolute Gasteiger partial charge is 0.341 e. The summed E-state index contributed by atoms with van der Waals surface area (Å²) in [5.74, 6) is 0.537. The van der Waals surface area contributed by atoms with Crippen LogP contribution in [0, 0.1) is 5.92 Å². The maximum absolute atomic E-state index is 12.5. The minimum atomic E-state index is -0.0123. The summed E-state index contributed by atoms with van der Waals surface area (Å²) in [7, 11) is 1.86. The molecule has 2 aromatic rings. The van der Waals surface area contributed by atoms with Crippen molar-refractivity contribution < 1.29 is 4.79 Å². The van der Waals surface area contributed by atoms with Crippen LogP contribution in [0.15, 0.2) is 48.8 Å². The lowest BCUT2D eigenvalue weighted by Crippen LogP contribution is -2.39. The first-order valence-electron chi connectivity index (χ1n) is 8.74. The fourth-order valence-electron chi connectivity index (χ4n) is 3.39. The van der Waals surface area contributed by atoms with Gasteiger partial charge >= 0.3 is 0 Å². The van der Waals surface area contributed by atoms with Gasteiger partial charge in [-0.2, -0.15) is 0 Å². The lowest BCUT2D eigenvalue weighted by molar-refractivity contribution is 0.0737. The molecule has 1 saturated heterocycles. The molecule has 0 spiro atoms. The number of rotatable bonds is 5. The van der Waals surface area contributed by atoms with E-state index in [1.54, 1.807) is 23.4 Å². The molecule has 3 rings (SSSR count). The van der Waals surface area contributed by atoms with Gasteiger partial charge in [-0.3, -0.25) is 14.7 Å². The molecule has 4 nitrogen and oxygen atoms in total. The van der Waals surface area contributed by atoms with Crippen molar-refractivity contribution >= 4 is 17.5 Å². The highest BCUT2D eigenvalue weighted by molar-refractivity contribution is 6.30. The first-order chi connectivity index (χ1) is 12.1. The number of carbonyl (C=O) groups is 1. The Morgan fingerprint density at radius 2 is 1.96 bits per heavy atom. The fourth-order valence-corrected chi connectivity index (χ4v) is 3.56. The third-order valence-electron chi connectivity index (χ3n) is 4.79. The van der Waals surface area contributed by atoms with Crippen LogP contribution in [-0.4, -0.2) is 47.4 Å². The van der Waals surface area contributed by atoms with Gasteiger partial charge in [-0.15, -0.1) is 0 Å². The van der Waals surface area contributed by atoms with E-state index < -0.39 is 0 Å². The van der Waals surface area contributed by atoms with E-state index in [-0.39, 0.29) is 5.91 Å². The van der Waals surface area contributed by atoms with E-state index in [1.165, 1.54) is 5.56 Å². The molecule has 0 atom stereocenters. The van der Waals surface area contributed by atoms with Gasteiger partial charge in [0.1, 0.15) is 0 Å². The number of piperidine rings is 1. The zero-order valence-electron chi connectivity index (χ0n) is 14.6. The van der Waals surface area contributed by atoms with Gasteiger partial charge in [0.05, 0.1) is 10.6 Å². The topological polar surface area (TPSA) is 36.4 Å². The molecule has 1 aliphatic rings. The molecule has 2 heterocycles. The van der Waals surface area contributed by atoms with Gasteiger partial charge in [-0.25, -0.2) is 0 Å². The summed E-state index contributed by atoms with van der Waals surface area (Å²) in [5.41, 5.74) is 1.92. The summed E-state index contributed by atoms with van der Waals surface area (Å²) >= 11 is 5.93. The molecule has 0 aliphatic carbocycles. The number of nitrogens with zero attached hydrogens (tertiary/aromatic N) is 3. The Kier molecular flexibility index (Phi) is 6.05. The fraction of sp³-hybridized carbons (Fsp3) is 0.400. The van der Waals surface area contributed by atoms with Crippen LogP contribution in [0.3, 0.4) is 0 Å². The van der Waals surface area contributed by atoms with Crippen molar-refractivity contribution in [2.75, 3.05) is 26.7 Å². The predicted molar refractivity (Wildman–Crippen MR) is 101 cm³/mol. The molecule has 0 unspecified atom stereocenters. The number of hydrogen-bond donors (Lipinski definition) is 0. The standard InChI is InChI=1S/C20H24ClN3O/c1-23(20(25)18-11-19(21)13-22-12-18)14-17-7-9-24(10-8-17)15-16-5-3-2-4-6-16/h2-6,11-13,17H,7-10,14-15H2,1H3. The highest BCUT2D eigenvalue weighted by Crippen LogP contribution is 2.20. The monoisotopic (exact) mass is 357 g/mol. The number of pyridine rings is 1. The Morgan fingerprint density at radius 1 is 1.24 bits per heavy atom. The number of halogens is 1. The summed E-state index contributed by atoms with van der Waals surface area (Å²) < 4.78 is 0. The highest BCUT2D eigenvalue weighted by Gasteiger charge is 2.22. The number of aromatic nitrogens is 1. The van der Waals surface area contributed by atoms with E-state index in [2.05, 4.69) is 40.2 Å². The molecule has 0 saturated carbocycles. The zero-order valence-corrected chi connectivity index (χ0v) is 15.3. The van der Waals surface area contributed by atoms with Crippen LogP contribution >= 0.6 is 11.6 Å². The van der Waals surface area contributed by atoms with Gasteiger partial charge in [-0.1, -0.05) is 41.9 Å². The van der Waals surface area contributed by atoms with Crippen molar-refractivity contribution in [1.29, 1.82) is 0 Å². The van der Waals surface area contributed by atoms with Crippen molar-refractivity contribution in [3.8, 4) is 0 Å². The summed E-state index contributed by atoms with van der Waals surface area (Å²) in [6.07, 6.45) is 5.37. The van der Waals surface area contributed by atoms with Crippen molar-refractivity contribution in [2.45, 2.75) is 19.4 Å². The van der Waals surface area contributed by atoms with E-state index in [4.69, 9.17) is 11.6 Å². The van der Waals surface area contributed by atoms with Crippen LogP contribution in [0.5, 0.6) is 0 Å². The van der Waals surface area contributed by atoms with Crippen LogP contribution < -0.4 is 0 Å². The lowest BCUT2D eigenvalue weighted by Gasteiger charge is -2.34. The molecule has 5 heteroatoms. The summed E-state index contributed by atoms with van der Waals surface area (Å²) in [5, 5.41) is 0.494. The molecule has 1 aliphatic heterocycles. The Hall–Kier alpha value is -1.91. The van der Waals surface area contributed by atoms with E-state index >= 15 is 0 Å². The Morgan fingerprint density at radius 3 is 2.64 bits per heavy atom. The smallest absolute Gasteiger partial charge is 0.255 e. The third kappa shape index (κ3) is 5.03. The third-order valence-corrected chi connectivity index (χ3v) is 4.99. The van der Waals surface area contributed by atoms with Crippen molar-refractivity contribution in [2.24, 2.45) is 5.92 Å². The summed E-state index contributed by atoms with van der Waals surface area (Å²) in [6, 6.07) is 12.3. The normalized spacial score (nSPS) is 15.9. The van der Waals surface area contributed by atoms with Crippen molar-refractivity contribution in [3.63, 3.8) is 0 Å². The van der Waals surface area contributed by atoms with Crippen molar-refractivity contribution in [1.82, 2.24) is 14.8 Å². The maximum Gasteiger partial charge on any atom is 0.255 e. The second kappa shape index (κ2) is 8.45.